The minimum absolute atomic E-state index is 0. The molecule has 2 aliphatic rings. The second kappa shape index (κ2) is 7.77. The SMILES string of the molecule is Cl.O=C(c1cnc2n(c1=O)CCS2)N1CCNCC1c1cccc(F)c1. The second-order valence-electron chi connectivity index (χ2n) is 6.03. The van der Waals surface area contributed by atoms with Crippen molar-refractivity contribution < 1.29 is 9.18 Å². The highest BCUT2D eigenvalue weighted by Crippen LogP contribution is 2.25. The van der Waals surface area contributed by atoms with Gasteiger partial charge in [-0.15, -0.1) is 12.4 Å². The molecule has 9 heteroatoms. The summed E-state index contributed by atoms with van der Waals surface area (Å²) in [7, 11) is 0. The average Bonchev–Trinajstić information content (AvgIpc) is 3.11. The van der Waals surface area contributed by atoms with E-state index in [1.54, 1.807) is 21.6 Å². The van der Waals surface area contributed by atoms with Crippen LogP contribution in [0.2, 0.25) is 0 Å². The summed E-state index contributed by atoms with van der Waals surface area (Å²) in [6.45, 7) is 2.18. The van der Waals surface area contributed by atoms with E-state index in [1.807, 2.05) is 0 Å². The lowest BCUT2D eigenvalue weighted by molar-refractivity contribution is 0.0630. The van der Waals surface area contributed by atoms with Crippen LogP contribution in [0, 0.1) is 5.82 Å². The molecular formula is C17H18ClFN4O2S. The molecule has 26 heavy (non-hydrogen) atoms. The van der Waals surface area contributed by atoms with Crippen molar-refractivity contribution >= 4 is 30.1 Å². The number of carbonyl (C=O) groups excluding carboxylic acids is 1. The van der Waals surface area contributed by atoms with Crippen molar-refractivity contribution in [1.82, 2.24) is 19.8 Å². The number of fused-ring (bicyclic) bond motifs is 1. The van der Waals surface area contributed by atoms with Crippen LogP contribution in [-0.2, 0) is 6.54 Å². The van der Waals surface area contributed by atoms with Crippen molar-refractivity contribution in [3.05, 3.63) is 57.8 Å². The summed E-state index contributed by atoms with van der Waals surface area (Å²) in [4.78, 5) is 31.6. The van der Waals surface area contributed by atoms with Crippen LogP contribution in [0.1, 0.15) is 22.0 Å². The Morgan fingerprint density at radius 2 is 2.19 bits per heavy atom. The Hall–Kier alpha value is -1.90. The molecule has 2 aromatic rings. The van der Waals surface area contributed by atoms with E-state index in [4.69, 9.17) is 0 Å². The van der Waals surface area contributed by atoms with E-state index in [2.05, 4.69) is 10.3 Å². The number of hydrogen-bond donors (Lipinski definition) is 1. The van der Waals surface area contributed by atoms with Gasteiger partial charge in [0.25, 0.3) is 11.5 Å². The molecule has 2 aliphatic heterocycles. The Bertz CT molecular complexity index is 891. The Kier molecular flexibility index (Phi) is 5.64. The lowest BCUT2D eigenvalue weighted by Crippen LogP contribution is -2.50. The number of thioether (sulfide) groups is 1. The maximum absolute atomic E-state index is 13.6. The highest BCUT2D eigenvalue weighted by molar-refractivity contribution is 7.99. The van der Waals surface area contributed by atoms with Gasteiger partial charge in [0.05, 0.1) is 6.04 Å². The monoisotopic (exact) mass is 396 g/mol. The van der Waals surface area contributed by atoms with Crippen LogP contribution in [-0.4, -0.2) is 45.7 Å². The van der Waals surface area contributed by atoms with E-state index in [0.29, 0.717) is 36.9 Å². The van der Waals surface area contributed by atoms with E-state index >= 15 is 0 Å². The van der Waals surface area contributed by atoms with Crippen LogP contribution in [0.25, 0.3) is 0 Å². The Morgan fingerprint density at radius 1 is 1.35 bits per heavy atom. The zero-order valence-electron chi connectivity index (χ0n) is 13.9. The summed E-state index contributed by atoms with van der Waals surface area (Å²) < 4.78 is 15.2. The summed E-state index contributed by atoms with van der Waals surface area (Å²) in [6.07, 6.45) is 1.37. The fourth-order valence-electron chi connectivity index (χ4n) is 3.28. The number of amides is 1. The minimum atomic E-state index is -0.347. The number of hydrogen-bond acceptors (Lipinski definition) is 5. The molecule has 1 aromatic heterocycles. The first kappa shape index (κ1) is 18.9. The molecule has 1 saturated heterocycles. The van der Waals surface area contributed by atoms with Gasteiger partial charge in [-0.25, -0.2) is 9.37 Å². The van der Waals surface area contributed by atoms with Crippen LogP contribution in [0.4, 0.5) is 4.39 Å². The van der Waals surface area contributed by atoms with Gasteiger partial charge in [0.2, 0.25) is 0 Å². The molecule has 0 saturated carbocycles. The van der Waals surface area contributed by atoms with Gasteiger partial charge in [-0.05, 0) is 17.7 Å². The van der Waals surface area contributed by atoms with Crippen molar-refractivity contribution in [2.75, 3.05) is 25.4 Å². The van der Waals surface area contributed by atoms with Crippen LogP contribution in [0.5, 0.6) is 0 Å². The first-order valence-electron chi connectivity index (χ1n) is 8.15. The average molecular weight is 397 g/mol. The zero-order chi connectivity index (χ0) is 17.4. The second-order valence-corrected chi connectivity index (χ2v) is 7.10. The van der Waals surface area contributed by atoms with Gasteiger partial charge in [0, 0.05) is 38.1 Å². The van der Waals surface area contributed by atoms with Crippen molar-refractivity contribution in [3.63, 3.8) is 0 Å². The van der Waals surface area contributed by atoms with E-state index in [1.165, 1.54) is 30.1 Å². The number of aromatic nitrogens is 2. The molecule has 1 fully saturated rings. The topological polar surface area (TPSA) is 67.2 Å². The third-order valence-corrected chi connectivity index (χ3v) is 5.50. The third kappa shape index (κ3) is 3.36. The first-order valence-corrected chi connectivity index (χ1v) is 9.13. The van der Waals surface area contributed by atoms with E-state index in [9.17, 15) is 14.0 Å². The fourth-order valence-corrected chi connectivity index (χ4v) is 4.19. The molecule has 1 amide bonds. The van der Waals surface area contributed by atoms with Gasteiger partial charge in [-0.3, -0.25) is 14.2 Å². The molecule has 0 radical (unpaired) electrons. The quantitative estimate of drug-likeness (QED) is 0.782. The summed E-state index contributed by atoms with van der Waals surface area (Å²) in [5.74, 6) is 0.103. The van der Waals surface area contributed by atoms with Gasteiger partial charge in [-0.1, -0.05) is 23.9 Å². The van der Waals surface area contributed by atoms with E-state index in [0.717, 1.165) is 5.75 Å². The normalized spacial score (nSPS) is 19.0. The first-order chi connectivity index (χ1) is 12.1. The van der Waals surface area contributed by atoms with Crippen LogP contribution < -0.4 is 10.9 Å². The smallest absolute Gasteiger partial charge is 0.267 e. The number of carbonyl (C=O) groups is 1. The number of nitrogens with one attached hydrogen (secondary N) is 1. The third-order valence-electron chi connectivity index (χ3n) is 4.52. The van der Waals surface area contributed by atoms with Crippen molar-refractivity contribution in [3.8, 4) is 0 Å². The molecule has 1 unspecified atom stereocenters. The van der Waals surface area contributed by atoms with Gasteiger partial charge in [0.1, 0.15) is 11.4 Å². The Morgan fingerprint density at radius 3 is 3.00 bits per heavy atom. The maximum atomic E-state index is 13.6. The molecule has 6 nitrogen and oxygen atoms in total. The highest BCUT2D eigenvalue weighted by atomic mass is 35.5. The molecule has 138 valence electrons. The minimum Gasteiger partial charge on any atom is -0.329 e. The number of halogens is 2. The standard InChI is InChI=1S/C17H17FN4O2S.ClH/c18-12-3-1-2-11(8-12)14-10-19-4-5-21(14)15(23)13-9-20-17-22(16(13)24)6-7-25-17;/h1-3,8-9,14,19H,4-7,10H2;1H. The highest BCUT2D eigenvalue weighted by Gasteiger charge is 2.31. The van der Waals surface area contributed by atoms with Crippen LogP contribution in [0.3, 0.4) is 0 Å². The van der Waals surface area contributed by atoms with Gasteiger partial charge >= 0.3 is 0 Å². The molecule has 3 heterocycles. The van der Waals surface area contributed by atoms with Crippen molar-refractivity contribution in [1.29, 1.82) is 0 Å². The molecule has 0 aliphatic carbocycles. The number of rotatable bonds is 2. The van der Waals surface area contributed by atoms with Crippen LogP contribution in [0.15, 0.2) is 40.4 Å². The number of piperazine rings is 1. The molecule has 1 atom stereocenters. The van der Waals surface area contributed by atoms with E-state index in [-0.39, 0.29) is 41.3 Å². The van der Waals surface area contributed by atoms with E-state index < -0.39 is 0 Å². The lowest BCUT2D eigenvalue weighted by Gasteiger charge is -2.36. The number of benzene rings is 1. The Labute approximate surface area is 160 Å². The van der Waals surface area contributed by atoms with Gasteiger partial charge in [-0.2, -0.15) is 0 Å². The molecule has 1 N–H and O–H groups in total. The maximum Gasteiger partial charge on any atom is 0.267 e. The van der Waals surface area contributed by atoms with Crippen molar-refractivity contribution in [2.45, 2.75) is 17.7 Å². The molecule has 1 aromatic carbocycles. The lowest BCUT2D eigenvalue weighted by atomic mass is 10.0. The van der Waals surface area contributed by atoms with Gasteiger partial charge < -0.3 is 10.2 Å². The van der Waals surface area contributed by atoms with Crippen molar-refractivity contribution in [2.24, 2.45) is 0 Å². The molecule has 0 spiro atoms. The zero-order valence-corrected chi connectivity index (χ0v) is 15.5. The molecule has 4 rings (SSSR count). The molecular weight excluding hydrogens is 379 g/mol. The van der Waals surface area contributed by atoms with Gasteiger partial charge in [0.15, 0.2) is 5.16 Å². The largest absolute Gasteiger partial charge is 0.329 e. The number of nitrogens with zero attached hydrogens (tertiary/aromatic N) is 3. The predicted molar refractivity (Wildman–Crippen MR) is 99.5 cm³/mol. The summed E-state index contributed by atoms with van der Waals surface area (Å²) in [5, 5.41) is 3.88. The summed E-state index contributed by atoms with van der Waals surface area (Å²) >= 11 is 1.51. The van der Waals surface area contributed by atoms with Crippen LogP contribution >= 0.6 is 24.2 Å². The fraction of sp³-hybridized carbons (Fsp3) is 0.353. The Balaban J connectivity index is 0.00000196. The molecule has 0 bridgehead atoms. The predicted octanol–water partition coefficient (Wildman–Crippen LogP) is 1.70. The summed E-state index contributed by atoms with van der Waals surface area (Å²) in [6, 6.07) is 5.92. The summed E-state index contributed by atoms with van der Waals surface area (Å²) in [5.41, 5.74) is 0.497.